The van der Waals surface area contributed by atoms with Gasteiger partial charge in [-0.15, -0.1) is 0 Å². The minimum absolute atomic E-state index is 0.00629. The van der Waals surface area contributed by atoms with E-state index in [-0.39, 0.29) is 23.5 Å². The standard InChI is InChI=1S/C23H34O6/c1-3-28-22(26)16-9-5-7-14-20(24)18-12-11-13-19(18)21(25)15-8-6-10-17-23(27)29-4-2/h11-13,18H,3-10,14-17H2,1-2H3. The van der Waals surface area contributed by atoms with E-state index < -0.39 is 5.92 Å². The van der Waals surface area contributed by atoms with E-state index in [4.69, 9.17) is 9.47 Å². The van der Waals surface area contributed by atoms with Gasteiger partial charge in [-0.1, -0.05) is 31.1 Å². The molecule has 6 nitrogen and oxygen atoms in total. The van der Waals surface area contributed by atoms with Crippen molar-refractivity contribution in [3.05, 3.63) is 23.8 Å². The van der Waals surface area contributed by atoms with E-state index in [0.717, 1.165) is 12.8 Å². The van der Waals surface area contributed by atoms with Crippen molar-refractivity contribution in [2.45, 2.75) is 78.1 Å². The Morgan fingerprint density at radius 2 is 1.28 bits per heavy atom. The van der Waals surface area contributed by atoms with E-state index >= 15 is 0 Å². The molecule has 0 radical (unpaired) electrons. The van der Waals surface area contributed by atoms with E-state index in [1.165, 1.54) is 0 Å². The van der Waals surface area contributed by atoms with Crippen molar-refractivity contribution in [2.75, 3.05) is 13.2 Å². The maximum Gasteiger partial charge on any atom is 0.305 e. The predicted molar refractivity (Wildman–Crippen MR) is 110 cm³/mol. The molecule has 0 N–H and O–H groups in total. The third-order valence-electron chi connectivity index (χ3n) is 4.78. The van der Waals surface area contributed by atoms with Crippen LogP contribution in [-0.4, -0.2) is 36.7 Å². The maximum atomic E-state index is 12.5. The average Bonchev–Trinajstić information content (AvgIpc) is 3.17. The molecule has 1 atom stereocenters. The zero-order valence-corrected chi connectivity index (χ0v) is 17.7. The number of carbonyl (C=O) groups is 4. The molecule has 1 rings (SSSR count). The van der Waals surface area contributed by atoms with Crippen LogP contribution in [0.15, 0.2) is 23.8 Å². The summed E-state index contributed by atoms with van der Waals surface area (Å²) in [5.74, 6) is -0.777. The minimum Gasteiger partial charge on any atom is -0.466 e. The number of hydrogen-bond donors (Lipinski definition) is 0. The third kappa shape index (κ3) is 10.2. The smallest absolute Gasteiger partial charge is 0.305 e. The van der Waals surface area contributed by atoms with Gasteiger partial charge in [-0.05, 0) is 39.5 Å². The second-order valence-electron chi connectivity index (χ2n) is 7.11. The van der Waals surface area contributed by atoms with Crippen molar-refractivity contribution in [1.82, 2.24) is 0 Å². The Labute approximate surface area is 173 Å². The van der Waals surface area contributed by atoms with Crippen molar-refractivity contribution >= 4 is 23.5 Å². The first-order valence-corrected chi connectivity index (χ1v) is 10.7. The number of carbonyl (C=O) groups excluding carboxylic acids is 4. The van der Waals surface area contributed by atoms with E-state index in [0.29, 0.717) is 70.2 Å². The molecule has 0 saturated carbocycles. The molecule has 0 aromatic heterocycles. The Bertz CT molecular complexity index is 617. The number of hydrogen-bond acceptors (Lipinski definition) is 6. The van der Waals surface area contributed by atoms with E-state index in [1.807, 2.05) is 0 Å². The molecule has 0 amide bonds. The van der Waals surface area contributed by atoms with Crippen molar-refractivity contribution < 1.29 is 28.7 Å². The Morgan fingerprint density at radius 1 is 0.759 bits per heavy atom. The SMILES string of the molecule is CCOC(=O)CCCCCC(=O)C1=CC=CC1C(=O)CCCCCC(=O)OCC. The van der Waals surface area contributed by atoms with Gasteiger partial charge in [-0.3, -0.25) is 19.2 Å². The van der Waals surface area contributed by atoms with Gasteiger partial charge in [0, 0.05) is 31.3 Å². The number of ether oxygens (including phenoxy) is 2. The highest BCUT2D eigenvalue weighted by Crippen LogP contribution is 2.25. The molecule has 0 bridgehead atoms. The second kappa shape index (κ2) is 14.7. The first-order chi connectivity index (χ1) is 14.0. The largest absolute Gasteiger partial charge is 0.466 e. The van der Waals surface area contributed by atoms with Gasteiger partial charge in [0.05, 0.1) is 19.1 Å². The average molecular weight is 407 g/mol. The molecular formula is C23H34O6. The van der Waals surface area contributed by atoms with Crippen LogP contribution in [0.4, 0.5) is 0 Å². The molecule has 1 aliphatic rings. The molecule has 1 aliphatic carbocycles. The highest BCUT2D eigenvalue weighted by molar-refractivity contribution is 6.04. The van der Waals surface area contributed by atoms with Crippen molar-refractivity contribution in [3.63, 3.8) is 0 Å². The summed E-state index contributed by atoms with van der Waals surface area (Å²) in [5.41, 5.74) is 0.576. The molecular weight excluding hydrogens is 372 g/mol. The summed E-state index contributed by atoms with van der Waals surface area (Å²) in [6.07, 6.45) is 11.2. The first-order valence-electron chi connectivity index (χ1n) is 10.7. The monoisotopic (exact) mass is 406 g/mol. The molecule has 0 aromatic rings. The second-order valence-corrected chi connectivity index (χ2v) is 7.11. The molecule has 0 aromatic carbocycles. The summed E-state index contributed by atoms with van der Waals surface area (Å²) in [5, 5.41) is 0. The summed E-state index contributed by atoms with van der Waals surface area (Å²) >= 11 is 0. The lowest BCUT2D eigenvalue weighted by atomic mass is 9.90. The van der Waals surface area contributed by atoms with Gasteiger partial charge in [0.2, 0.25) is 0 Å². The summed E-state index contributed by atoms with van der Waals surface area (Å²) in [6, 6.07) is 0. The lowest BCUT2D eigenvalue weighted by Crippen LogP contribution is -2.18. The Balaban J connectivity index is 2.24. The molecule has 6 heteroatoms. The molecule has 29 heavy (non-hydrogen) atoms. The van der Waals surface area contributed by atoms with Gasteiger partial charge in [-0.2, -0.15) is 0 Å². The van der Waals surface area contributed by atoms with Crippen LogP contribution in [0.2, 0.25) is 0 Å². The quantitative estimate of drug-likeness (QED) is 0.281. The van der Waals surface area contributed by atoms with Gasteiger partial charge in [0.15, 0.2) is 5.78 Å². The fraction of sp³-hybridized carbons (Fsp3) is 0.652. The number of esters is 2. The van der Waals surface area contributed by atoms with Gasteiger partial charge in [0.1, 0.15) is 5.78 Å². The van der Waals surface area contributed by atoms with Crippen molar-refractivity contribution in [2.24, 2.45) is 5.92 Å². The molecule has 0 aliphatic heterocycles. The Morgan fingerprint density at radius 3 is 1.83 bits per heavy atom. The zero-order valence-electron chi connectivity index (χ0n) is 17.7. The fourth-order valence-corrected chi connectivity index (χ4v) is 3.27. The number of allylic oxidation sites excluding steroid dienone is 4. The van der Waals surface area contributed by atoms with E-state index in [2.05, 4.69) is 0 Å². The molecule has 1 unspecified atom stereocenters. The number of Topliss-reactive ketones (excluding diaryl/α,β-unsaturated/α-hetero) is 2. The maximum absolute atomic E-state index is 12.5. The molecule has 0 fully saturated rings. The molecule has 0 heterocycles. The van der Waals surface area contributed by atoms with Crippen molar-refractivity contribution in [1.29, 1.82) is 0 Å². The van der Waals surface area contributed by atoms with Crippen LogP contribution in [0.25, 0.3) is 0 Å². The molecule has 162 valence electrons. The van der Waals surface area contributed by atoms with Crippen LogP contribution in [-0.2, 0) is 28.7 Å². The summed E-state index contributed by atoms with van der Waals surface area (Å²) in [7, 11) is 0. The lowest BCUT2D eigenvalue weighted by molar-refractivity contribution is -0.144. The highest BCUT2D eigenvalue weighted by Gasteiger charge is 2.26. The topological polar surface area (TPSA) is 86.7 Å². The van der Waals surface area contributed by atoms with Gasteiger partial charge in [0.25, 0.3) is 0 Å². The predicted octanol–water partition coefficient (Wildman–Crippen LogP) is 4.26. The zero-order chi connectivity index (χ0) is 21.5. The highest BCUT2D eigenvalue weighted by atomic mass is 16.5. The normalized spacial score (nSPS) is 15.1. The van der Waals surface area contributed by atoms with Gasteiger partial charge < -0.3 is 9.47 Å². The molecule has 0 saturated heterocycles. The Hall–Kier alpha value is -2.24. The van der Waals surface area contributed by atoms with Crippen molar-refractivity contribution in [3.8, 4) is 0 Å². The number of ketones is 2. The summed E-state index contributed by atoms with van der Waals surface area (Å²) in [4.78, 5) is 47.5. The van der Waals surface area contributed by atoms with Crippen LogP contribution in [0, 0.1) is 5.92 Å². The number of rotatable bonds is 16. The van der Waals surface area contributed by atoms with Crippen LogP contribution in [0.3, 0.4) is 0 Å². The van der Waals surface area contributed by atoms with Crippen LogP contribution >= 0.6 is 0 Å². The Kier molecular flexibility index (Phi) is 12.6. The lowest BCUT2D eigenvalue weighted by Gasteiger charge is -2.12. The van der Waals surface area contributed by atoms with Crippen LogP contribution in [0.1, 0.15) is 78.1 Å². The van der Waals surface area contributed by atoms with Gasteiger partial charge in [-0.25, -0.2) is 0 Å². The van der Waals surface area contributed by atoms with E-state index in [9.17, 15) is 19.2 Å². The van der Waals surface area contributed by atoms with Gasteiger partial charge >= 0.3 is 11.9 Å². The molecule has 0 spiro atoms. The fourth-order valence-electron chi connectivity index (χ4n) is 3.27. The first kappa shape index (κ1) is 24.8. The number of unbranched alkanes of at least 4 members (excludes halogenated alkanes) is 4. The van der Waals surface area contributed by atoms with E-state index in [1.54, 1.807) is 32.1 Å². The van der Waals surface area contributed by atoms with Crippen LogP contribution < -0.4 is 0 Å². The summed E-state index contributed by atoms with van der Waals surface area (Å²) in [6.45, 7) is 4.34. The third-order valence-corrected chi connectivity index (χ3v) is 4.78. The summed E-state index contributed by atoms with van der Waals surface area (Å²) < 4.78 is 9.76. The van der Waals surface area contributed by atoms with Crippen LogP contribution in [0.5, 0.6) is 0 Å². The minimum atomic E-state index is -0.438.